The topological polar surface area (TPSA) is 96.5 Å². The van der Waals surface area contributed by atoms with Crippen LogP contribution >= 0.6 is 0 Å². The zero-order valence-electron chi connectivity index (χ0n) is 13.3. The molecule has 1 N–H and O–H groups in total. The SMILES string of the molecule is C=Nc1ncnc2c1c(C)nn2C1CCCN(C(=O)[C@H](C)O)C1. The predicted molar refractivity (Wildman–Crippen MR) is 85.8 cm³/mol. The molecule has 0 aliphatic carbocycles. The van der Waals surface area contributed by atoms with Gasteiger partial charge in [-0.3, -0.25) is 4.79 Å². The highest BCUT2D eigenvalue weighted by Gasteiger charge is 2.29. The quantitative estimate of drug-likeness (QED) is 0.853. The molecule has 1 amide bonds. The van der Waals surface area contributed by atoms with E-state index >= 15 is 0 Å². The van der Waals surface area contributed by atoms with Crippen LogP contribution < -0.4 is 0 Å². The first-order chi connectivity index (χ1) is 11.0. The summed E-state index contributed by atoms with van der Waals surface area (Å²) in [6.07, 6.45) is 2.23. The number of hydrogen-bond donors (Lipinski definition) is 1. The molecule has 1 aliphatic heterocycles. The summed E-state index contributed by atoms with van der Waals surface area (Å²) in [6, 6.07) is 0.0233. The van der Waals surface area contributed by atoms with Crippen molar-refractivity contribution in [2.24, 2.45) is 4.99 Å². The van der Waals surface area contributed by atoms with E-state index < -0.39 is 6.10 Å². The van der Waals surface area contributed by atoms with E-state index in [1.54, 1.807) is 4.90 Å². The van der Waals surface area contributed by atoms with Crippen LogP contribution in [-0.2, 0) is 4.79 Å². The second-order valence-corrected chi connectivity index (χ2v) is 5.84. The molecule has 23 heavy (non-hydrogen) atoms. The number of amides is 1. The van der Waals surface area contributed by atoms with Gasteiger partial charge in [0.1, 0.15) is 12.4 Å². The minimum absolute atomic E-state index is 0.0233. The molecule has 0 bridgehead atoms. The van der Waals surface area contributed by atoms with Crippen LogP contribution in [0, 0.1) is 6.92 Å². The fourth-order valence-corrected chi connectivity index (χ4v) is 3.12. The van der Waals surface area contributed by atoms with E-state index in [9.17, 15) is 9.90 Å². The fourth-order valence-electron chi connectivity index (χ4n) is 3.12. The molecule has 2 aromatic heterocycles. The Bertz CT molecular complexity index is 754. The number of aromatic nitrogens is 4. The number of rotatable bonds is 3. The zero-order chi connectivity index (χ0) is 16.6. The Labute approximate surface area is 133 Å². The van der Waals surface area contributed by atoms with Gasteiger partial charge in [-0.1, -0.05) is 0 Å². The normalized spacial score (nSPS) is 19.8. The van der Waals surface area contributed by atoms with Crippen molar-refractivity contribution in [2.45, 2.75) is 38.8 Å². The predicted octanol–water partition coefficient (Wildman–Crippen LogP) is 1.01. The van der Waals surface area contributed by atoms with Gasteiger partial charge in [0, 0.05) is 13.1 Å². The summed E-state index contributed by atoms with van der Waals surface area (Å²) in [5, 5.41) is 14.9. The van der Waals surface area contributed by atoms with Crippen LogP contribution in [0.2, 0.25) is 0 Å². The van der Waals surface area contributed by atoms with Crippen LogP contribution in [0.25, 0.3) is 11.0 Å². The highest BCUT2D eigenvalue weighted by atomic mass is 16.3. The average Bonchev–Trinajstić information content (AvgIpc) is 2.91. The number of carbonyl (C=O) groups excluding carboxylic acids is 1. The van der Waals surface area contributed by atoms with Crippen molar-refractivity contribution in [3.05, 3.63) is 12.0 Å². The summed E-state index contributed by atoms with van der Waals surface area (Å²) >= 11 is 0. The molecule has 1 fully saturated rings. The Morgan fingerprint density at radius 1 is 1.52 bits per heavy atom. The molecule has 0 spiro atoms. The molecule has 0 radical (unpaired) electrons. The smallest absolute Gasteiger partial charge is 0.251 e. The first kappa shape index (κ1) is 15.5. The lowest BCUT2D eigenvalue weighted by Crippen LogP contribution is -2.44. The molecule has 2 aromatic rings. The lowest BCUT2D eigenvalue weighted by molar-refractivity contribution is -0.141. The van der Waals surface area contributed by atoms with Gasteiger partial charge in [0.15, 0.2) is 11.5 Å². The number of carbonyl (C=O) groups is 1. The minimum Gasteiger partial charge on any atom is -0.384 e. The van der Waals surface area contributed by atoms with Crippen LogP contribution in [0.5, 0.6) is 0 Å². The maximum Gasteiger partial charge on any atom is 0.251 e. The van der Waals surface area contributed by atoms with Crippen LogP contribution in [0.15, 0.2) is 11.3 Å². The summed E-state index contributed by atoms with van der Waals surface area (Å²) in [5.74, 6) is 0.275. The number of aliphatic hydroxyl groups is 1. The largest absolute Gasteiger partial charge is 0.384 e. The Balaban J connectivity index is 1.97. The average molecular weight is 316 g/mol. The molecular weight excluding hydrogens is 296 g/mol. The molecule has 8 nitrogen and oxygen atoms in total. The fraction of sp³-hybridized carbons (Fsp3) is 0.533. The molecule has 3 rings (SSSR count). The molecule has 122 valence electrons. The van der Waals surface area contributed by atoms with Crippen molar-refractivity contribution in [3.8, 4) is 0 Å². The number of aliphatic hydroxyl groups excluding tert-OH is 1. The van der Waals surface area contributed by atoms with E-state index in [0.29, 0.717) is 24.6 Å². The summed E-state index contributed by atoms with van der Waals surface area (Å²) in [4.78, 5) is 26.1. The summed E-state index contributed by atoms with van der Waals surface area (Å²) in [7, 11) is 0. The molecule has 8 heteroatoms. The highest BCUT2D eigenvalue weighted by molar-refractivity contribution is 5.88. The van der Waals surface area contributed by atoms with E-state index in [1.807, 2.05) is 11.6 Å². The van der Waals surface area contributed by atoms with E-state index in [4.69, 9.17) is 0 Å². The van der Waals surface area contributed by atoms with Gasteiger partial charge in [-0.05, 0) is 33.4 Å². The van der Waals surface area contributed by atoms with E-state index in [2.05, 4.69) is 26.8 Å². The van der Waals surface area contributed by atoms with Gasteiger partial charge in [0.25, 0.3) is 5.91 Å². The standard InChI is InChI=1S/C15H20N6O2/c1-9-12-13(16-3)17-8-18-14(12)21(19-9)11-5-4-6-20(7-11)15(23)10(2)22/h8,10-11,22H,3-7H2,1-2H3/t10-,11?/m0/s1. The molecular formula is C15H20N6O2. The third kappa shape index (κ3) is 2.70. The van der Waals surface area contributed by atoms with Crippen LogP contribution in [-0.4, -0.2) is 61.6 Å². The molecule has 0 aromatic carbocycles. The number of piperidine rings is 1. The number of aliphatic imine (C=N–C) groups is 1. The van der Waals surface area contributed by atoms with Crippen molar-refractivity contribution >= 4 is 29.5 Å². The van der Waals surface area contributed by atoms with Gasteiger partial charge in [0.2, 0.25) is 0 Å². The van der Waals surface area contributed by atoms with Gasteiger partial charge >= 0.3 is 0 Å². The monoisotopic (exact) mass is 316 g/mol. The van der Waals surface area contributed by atoms with Gasteiger partial charge in [-0.25, -0.2) is 19.6 Å². The van der Waals surface area contributed by atoms with E-state index in [-0.39, 0.29) is 11.9 Å². The second-order valence-electron chi connectivity index (χ2n) is 5.84. The Kier molecular flexibility index (Phi) is 4.08. The van der Waals surface area contributed by atoms with Gasteiger partial charge in [-0.15, -0.1) is 0 Å². The molecule has 0 saturated carbocycles. The Morgan fingerprint density at radius 3 is 3.00 bits per heavy atom. The summed E-state index contributed by atoms with van der Waals surface area (Å²) in [6.45, 7) is 8.10. The van der Waals surface area contributed by atoms with Crippen LogP contribution in [0.1, 0.15) is 31.5 Å². The second kappa shape index (κ2) is 6.04. The highest BCUT2D eigenvalue weighted by Crippen LogP contribution is 2.30. The number of likely N-dealkylation sites (tertiary alicyclic amines) is 1. The lowest BCUT2D eigenvalue weighted by atomic mass is 10.1. The first-order valence-corrected chi connectivity index (χ1v) is 7.66. The molecule has 3 heterocycles. The molecule has 1 unspecified atom stereocenters. The van der Waals surface area contributed by atoms with Gasteiger partial charge < -0.3 is 10.0 Å². The third-order valence-corrected chi connectivity index (χ3v) is 4.21. The molecule has 1 saturated heterocycles. The van der Waals surface area contributed by atoms with Crippen LogP contribution in [0.3, 0.4) is 0 Å². The van der Waals surface area contributed by atoms with Crippen molar-refractivity contribution < 1.29 is 9.90 Å². The number of fused-ring (bicyclic) bond motifs is 1. The number of nitrogens with zero attached hydrogens (tertiary/aromatic N) is 6. The lowest BCUT2D eigenvalue weighted by Gasteiger charge is -2.33. The van der Waals surface area contributed by atoms with Gasteiger partial charge in [0.05, 0.1) is 17.1 Å². The zero-order valence-corrected chi connectivity index (χ0v) is 13.3. The van der Waals surface area contributed by atoms with Crippen molar-refractivity contribution in [2.75, 3.05) is 13.1 Å². The third-order valence-electron chi connectivity index (χ3n) is 4.21. The van der Waals surface area contributed by atoms with Gasteiger partial charge in [-0.2, -0.15) is 5.10 Å². The van der Waals surface area contributed by atoms with E-state index in [0.717, 1.165) is 23.9 Å². The first-order valence-electron chi connectivity index (χ1n) is 7.66. The molecule has 2 atom stereocenters. The van der Waals surface area contributed by atoms with Crippen LogP contribution in [0.4, 0.5) is 5.82 Å². The van der Waals surface area contributed by atoms with Crippen molar-refractivity contribution in [3.63, 3.8) is 0 Å². The minimum atomic E-state index is -0.983. The summed E-state index contributed by atoms with van der Waals surface area (Å²) < 4.78 is 1.85. The maximum atomic E-state index is 12.0. The Morgan fingerprint density at radius 2 is 2.30 bits per heavy atom. The van der Waals surface area contributed by atoms with E-state index in [1.165, 1.54) is 13.3 Å². The van der Waals surface area contributed by atoms with Crippen molar-refractivity contribution in [1.29, 1.82) is 0 Å². The molecule has 1 aliphatic rings. The Hall–Kier alpha value is -2.35. The van der Waals surface area contributed by atoms with Crippen molar-refractivity contribution in [1.82, 2.24) is 24.6 Å². The maximum absolute atomic E-state index is 12.0. The number of aryl methyl sites for hydroxylation is 1. The summed E-state index contributed by atoms with van der Waals surface area (Å²) in [5.41, 5.74) is 1.50. The number of hydrogen-bond acceptors (Lipinski definition) is 6.